The Kier molecular flexibility index (Phi) is 6.61. The molecule has 0 aliphatic carbocycles. The summed E-state index contributed by atoms with van der Waals surface area (Å²) in [5.74, 6) is -0.439. The summed E-state index contributed by atoms with van der Waals surface area (Å²) in [6.45, 7) is 4.06. The lowest BCUT2D eigenvalue weighted by atomic mass is 9.99. The number of methoxy groups -OCH3 is 1. The number of halogens is 2. The Labute approximate surface area is 135 Å². The van der Waals surface area contributed by atoms with Gasteiger partial charge in [-0.3, -0.25) is 4.79 Å². The minimum Gasteiger partial charge on any atom is -0.384 e. The molecule has 2 rings (SSSR count). The number of carbonyl (C=O) groups is 1. The van der Waals surface area contributed by atoms with E-state index in [1.165, 1.54) is 18.6 Å². The van der Waals surface area contributed by atoms with Gasteiger partial charge in [0.05, 0.1) is 12.2 Å². The molecule has 1 N–H and O–H groups in total. The number of likely N-dealkylation sites (tertiary alicyclic amines) is 1. The molecule has 1 aliphatic rings. The third-order valence-corrected chi connectivity index (χ3v) is 4.13. The summed E-state index contributed by atoms with van der Waals surface area (Å²) in [5.41, 5.74) is 0.0281. The van der Waals surface area contributed by atoms with Crippen LogP contribution in [0.15, 0.2) is 18.2 Å². The summed E-state index contributed by atoms with van der Waals surface area (Å²) in [6.07, 6.45) is 2.33. The third-order valence-electron chi connectivity index (χ3n) is 3.89. The predicted octanol–water partition coefficient (Wildman–Crippen LogP) is 2.57. The van der Waals surface area contributed by atoms with Gasteiger partial charge in [-0.05, 0) is 43.5 Å². The van der Waals surface area contributed by atoms with Crippen LogP contribution in [0.2, 0.25) is 5.02 Å². The second kappa shape index (κ2) is 8.46. The van der Waals surface area contributed by atoms with Crippen LogP contribution >= 0.6 is 11.6 Å². The summed E-state index contributed by atoms with van der Waals surface area (Å²) in [7, 11) is 1.72. The standard InChI is InChI=1S/C16H22ClFN2O2/c1-22-11-12-3-2-7-20(10-12)8-6-19-16(21)14-5-4-13(17)9-15(14)18/h4-5,9,12H,2-3,6-8,10-11H2,1H3,(H,19,21). The third kappa shape index (κ3) is 4.93. The van der Waals surface area contributed by atoms with E-state index in [-0.39, 0.29) is 10.6 Å². The zero-order valence-corrected chi connectivity index (χ0v) is 13.5. The highest BCUT2D eigenvalue weighted by Gasteiger charge is 2.19. The SMILES string of the molecule is COCC1CCCN(CCNC(=O)c2ccc(Cl)cc2F)C1. The molecule has 1 heterocycles. The maximum atomic E-state index is 13.6. The number of amides is 1. The molecule has 0 bridgehead atoms. The van der Waals surface area contributed by atoms with Gasteiger partial charge in [-0.25, -0.2) is 4.39 Å². The number of hydrogen-bond acceptors (Lipinski definition) is 3. The molecule has 1 amide bonds. The van der Waals surface area contributed by atoms with Crippen molar-refractivity contribution in [2.45, 2.75) is 12.8 Å². The average molecular weight is 329 g/mol. The minimum absolute atomic E-state index is 0.0281. The van der Waals surface area contributed by atoms with Gasteiger partial charge < -0.3 is 15.0 Å². The summed E-state index contributed by atoms with van der Waals surface area (Å²) in [5, 5.41) is 3.04. The minimum atomic E-state index is -0.594. The van der Waals surface area contributed by atoms with E-state index >= 15 is 0 Å². The lowest BCUT2D eigenvalue weighted by Crippen LogP contribution is -2.41. The Balaban J connectivity index is 1.77. The predicted molar refractivity (Wildman–Crippen MR) is 84.8 cm³/mol. The van der Waals surface area contributed by atoms with Gasteiger partial charge in [0.1, 0.15) is 5.82 Å². The van der Waals surface area contributed by atoms with Crippen LogP contribution < -0.4 is 5.32 Å². The number of piperidine rings is 1. The Bertz CT molecular complexity index is 511. The van der Waals surface area contributed by atoms with Crippen molar-refractivity contribution in [2.75, 3.05) is 39.9 Å². The molecule has 122 valence electrons. The number of benzene rings is 1. The van der Waals surface area contributed by atoms with Crippen molar-refractivity contribution in [3.8, 4) is 0 Å². The summed E-state index contributed by atoms with van der Waals surface area (Å²) < 4.78 is 18.9. The van der Waals surface area contributed by atoms with E-state index in [1.54, 1.807) is 7.11 Å². The molecular formula is C16H22ClFN2O2. The van der Waals surface area contributed by atoms with Gasteiger partial charge in [-0.15, -0.1) is 0 Å². The van der Waals surface area contributed by atoms with Crippen LogP contribution in [0, 0.1) is 11.7 Å². The van der Waals surface area contributed by atoms with Crippen LogP contribution in [0.1, 0.15) is 23.2 Å². The monoisotopic (exact) mass is 328 g/mol. The number of rotatable bonds is 6. The quantitative estimate of drug-likeness (QED) is 0.872. The first kappa shape index (κ1) is 17.2. The van der Waals surface area contributed by atoms with Gasteiger partial charge in [0.25, 0.3) is 5.91 Å². The lowest BCUT2D eigenvalue weighted by Gasteiger charge is -2.32. The number of nitrogens with zero attached hydrogens (tertiary/aromatic N) is 1. The molecule has 22 heavy (non-hydrogen) atoms. The maximum Gasteiger partial charge on any atom is 0.254 e. The van der Waals surface area contributed by atoms with Crippen molar-refractivity contribution < 1.29 is 13.9 Å². The van der Waals surface area contributed by atoms with Crippen molar-refractivity contribution in [1.82, 2.24) is 10.2 Å². The van der Waals surface area contributed by atoms with Crippen LogP contribution in [-0.2, 0) is 4.74 Å². The second-order valence-electron chi connectivity index (χ2n) is 5.64. The first-order chi connectivity index (χ1) is 10.6. The lowest BCUT2D eigenvalue weighted by molar-refractivity contribution is 0.0865. The highest BCUT2D eigenvalue weighted by Crippen LogP contribution is 2.16. The molecule has 1 unspecified atom stereocenters. The van der Waals surface area contributed by atoms with Crippen molar-refractivity contribution >= 4 is 17.5 Å². The van der Waals surface area contributed by atoms with E-state index in [1.807, 2.05) is 0 Å². The molecule has 1 atom stereocenters. The fourth-order valence-corrected chi connectivity index (χ4v) is 2.98. The molecule has 4 nitrogen and oxygen atoms in total. The first-order valence-electron chi connectivity index (χ1n) is 7.54. The van der Waals surface area contributed by atoms with Gasteiger partial charge in [0, 0.05) is 31.8 Å². The molecule has 1 aliphatic heterocycles. The molecular weight excluding hydrogens is 307 g/mol. The van der Waals surface area contributed by atoms with Crippen LogP contribution in [0.3, 0.4) is 0 Å². The van der Waals surface area contributed by atoms with Gasteiger partial charge in [-0.1, -0.05) is 11.6 Å². The van der Waals surface area contributed by atoms with E-state index in [2.05, 4.69) is 10.2 Å². The van der Waals surface area contributed by atoms with E-state index in [0.717, 1.165) is 38.7 Å². The number of nitrogens with one attached hydrogen (secondary N) is 1. The molecule has 0 radical (unpaired) electrons. The highest BCUT2D eigenvalue weighted by atomic mass is 35.5. The van der Waals surface area contributed by atoms with Crippen molar-refractivity contribution in [3.63, 3.8) is 0 Å². The molecule has 6 heteroatoms. The van der Waals surface area contributed by atoms with Gasteiger partial charge in [0.15, 0.2) is 0 Å². The largest absolute Gasteiger partial charge is 0.384 e. The normalized spacial score (nSPS) is 19.1. The van der Waals surface area contributed by atoms with Crippen molar-refractivity contribution in [3.05, 3.63) is 34.6 Å². The Morgan fingerprint density at radius 2 is 2.36 bits per heavy atom. The Morgan fingerprint density at radius 1 is 1.55 bits per heavy atom. The van der Waals surface area contributed by atoms with Gasteiger partial charge >= 0.3 is 0 Å². The van der Waals surface area contributed by atoms with Crippen molar-refractivity contribution in [2.24, 2.45) is 5.92 Å². The maximum absolute atomic E-state index is 13.6. The van der Waals surface area contributed by atoms with E-state index < -0.39 is 11.7 Å². The molecule has 0 saturated carbocycles. The Hall–Kier alpha value is -1.17. The topological polar surface area (TPSA) is 41.6 Å². The molecule has 0 spiro atoms. The summed E-state index contributed by atoms with van der Waals surface area (Å²) in [4.78, 5) is 14.3. The number of ether oxygens (including phenoxy) is 1. The van der Waals surface area contributed by atoms with Crippen LogP contribution in [0.5, 0.6) is 0 Å². The van der Waals surface area contributed by atoms with Crippen LogP contribution in [-0.4, -0.2) is 50.7 Å². The molecule has 0 aromatic heterocycles. The summed E-state index contributed by atoms with van der Waals surface area (Å²) in [6, 6.07) is 4.07. The molecule has 1 aromatic rings. The van der Waals surface area contributed by atoms with Crippen molar-refractivity contribution in [1.29, 1.82) is 0 Å². The fraction of sp³-hybridized carbons (Fsp3) is 0.562. The highest BCUT2D eigenvalue weighted by molar-refractivity contribution is 6.30. The Morgan fingerprint density at radius 3 is 3.09 bits per heavy atom. The number of carbonyl (C=O) groups excluding carboxylic acids is 1. The molecule has 1 aromatic carbocycles. The second-order valence-corrected chi connectivity index (χ2v) is 6.08. The van der Waals surface area contributed by atoms with E-state index in [9.17, 15) is 9.18 Å². The van der Waals surface area contributed by atoms with Crippen LogP contribution in [0.25, 0.3) is 0 Å². The molecule has 1 fully saturated rings. The summed E-state index contributed by atoms with van der Waals surface area (Å²) >= 11 is 5.68. The smallest absolute Gasteiger partial charge is 0.254 e. The molecule has 1 saturated heterocycles. The zero-order valence-electron chi connectivity index (χ0n) is 12.8. The van der Waals surface area contributed by atoms with Gasteiger partial charge in [0.2, 0.25) is 0 Å². The van der Waals surface area contributed by atoms with Crippen LogP contribution in [0.4, 0.5) is 4.39 Å². The average Bonchev–Trinajstić information content (AvgIpc) is 2.48. The van der Waals surface area contributed by atoms with Gasteiger partial charge in [-0.2, -0.15) is 0 Å². The first-order valence-corrected chi connectivity index (χ1v) is 7.92. The van der Waals surface area contributed by atoms with E-state index in [4.69, 9.17) is 16.3 Å². The zero-order chi connectivity index (χ0) is 15.9. The van der Waals surface area contributed by atoms with E-state index in [0.29, 0.717) is 12.5 Å². The number of hydrogen-bond donors (Lipinski definition) is 1. The fourth-order valence-electron chi connectivity index (χ4n) is 2.82.